The number of rotatable bonds is 5. The summed E-state index contributed by atoms with van der Waals surface area (Å²) in [6.45, 7) is 9.00. The second-order valence-electron chi connectivity index (χ2n) is 5.03. The Labute approximate surface area is 129 Å². The average Bonchev–Trinajstić information content (AvgIpc) is 2.79. The van der Waals surface area contributed by atoms with Gasteiger partial charge in [0, 0.05) is 22.5 Å². The second-order valence-corrected chi connectivity index (χ2v) is 6.49. The predicted octanol–water partition coefficient (Wildman–Crippen LogP) is 3.68. The van der Waals surface area contributed by atoms with E-state index in [0.717, 1.165) is 12.4 Å². The fraction of sp³-hybridized carbons (Fsp3) is 0.375. The first-order valence-corrected chi connectivity index (χ1v) is 7.90. The van der Waals surface area contributed by atoms with Crippen LogP contribution in [0.2, 0.25) is 0 Å². The van der Waals surface area contributed by atoms with Gasteiger partial charge in [-0.25, -0.2) is 4.98 Å². The van der Waals surface area contributed by atoms with E-state index in [4.69, 9.17) is 0 Å². The molecule has 4 nitrogen and oxygen atoms in total. The number of amides is 1. The van der Waals surface area contributed by atoms with Crippen molar-refractivity contribution in [2.24, 2.45) is 0 Å². The third kappa shape index (κ3) is 3.82. The van der Waals surface area contributed by atoms with Gasteiger partial charge in [0.2, 0.25) is 0 Å². The number of hydrogen-bond donors (Lipinski definition) is 2. The number of anilines is 1. The summed E-state index contributed by atoms with van der Waals surface area (Å²) >= 11 is 1.76. The minimum Gasteiger partial charge on any atom is -0.370 e. The molecule has 0 radical (unpaired) electrons. The van der Waals surface area contributed by atoms with E-state index in [0.29, 0.717) is 5.56 Å². The average molecular weight is 303 g/mol. The molecule has 21 heavy (non-hydrogen) atoms. The number of aromatic nitrogens is 1. The van der Waals surface area contributed by atoms with E-state index in [1.165, 1.54) is 15.3 Å². The minimum atomic E-state index is -0.0960. The highest BCUT2D eigenvalue weighted by molar-refractivity contribution is 7.12. The number of aryl methyl sites for hydroxylation is 2. The number of nitrogens with one attached hydrogen (secondary N) is 2. The van der Waals surface area contributed by atoms with Crippen molar-refractivity contribution >= 4 is 23.1 Å². The molecule has 5 heteroatoms. The molecule has 112 valence electrons. The van der Waals surface area contributed by atoms with Gasteiger partial charge in [-0.3, -0.25) is 4.79 Å². The second kappa shape index (κ2) is 6.72. The van der Waals surface area contributed by atoms with Crippen molar-refractivity contribution in [3.8, 4) is 0 Å². The number of thiophene rings is 1. The van der Waals surface area contributed by atoms with E-state index in [9.17, 15) is 4.79 Å². The zero-order valence-electron chi connectivity index (χ0n) is 12.9. The molecule has 0 aliphatic heterocycles. The van der Waals surface area contributed by atoms with Crippen LogP contribution >= 0.6 is 11.3 Å². The summed E-state index contributed by atoms with van der Waals surface area (Å²) in [5.41, 5.74) is 1.76. The molecule has 0 saturated carbocycles. The van der Waals surface area contributed by atoms with E-state index >= 15 is 0 Å². The van der Waals surface area contributed by atoms with Crippen LogP contribution in [0.15, 0.2) is 24.4 Å². The SMILES string of the molecule is CCNc1ccc(C(=O)NC(C)c2cc(C)sc2C)cn1. The molecule has 1 amide bonds. The normalized spacial score (nSPS) is 12.0. The summed E-state index contributed by atoms with van der Waals surface area (Å²) in [5.74, 6) is 0.688. The number of carbonyl (C=O) groups excluding carboxylic acids is 1. The number of hydrogen-bond acceptors (Lipinski definition) is 4. The maximum atomic E-state index is 12.2. The maximum Gasteiger partial charge on any atom is 0.253 e. The van der Waals surface area contributed by atoms with E-state index in [1.807, 2.05) is 19.9 Å². The Bertz CT molecular complexity index is 619. The van der Waals surface area contributed by atoms with Crippen molar-refractivity contribution in [1.29, 1.82) is 0 Å². The molecule has 0 spiro atoms. The first kappa shape index (κ1) is 15.5. The predicted molar refractivity (Wildman–Crippen MR) is 88.1 cm³/mol. The van der Waals surface area contributed by atoms with Crippen LogP contribution < -0.4 is 10.6 Å². The molecule has 0 fully saturated rings. The quantitative estimate of drug-likeness (QED) is 0.886. The molecule has 0 bridgehead atoms. The van der Waals surface area contributed by atoms with Crippen molar-refractivity contribution in [1.82, 2.24) is 10.3 Å². The van der Waals surface area contributed by atoms with Crippen LogP contribution in [-0.2, 0) is 0 Å². The summed E-state index contributed by atoms with van der Waals surface area (Å²) in [6, 6.07) is 5.75. The lowest BCUT2D eigenvalue weighted by Crippen LogP contribution is -2.26. The van der Waals surface area contributed by atoms with Gasteiger partial charge in [0.05, 0.1) is 11.6 Å². The Morgan fingerprint density at radius 1 is 1.38 bits per heavy atom. The van der Waals surface area contributed by atoms with Crippen molar-refractivity contribution in [2.45, 2.75) is 33.7 Å². The number of nitrogens with zero attached hydrogens (tertiary/aromatic N) is 1. The van der Waals surface area contributed by atoms with Crippen molar-refractivity contribution in [2.75, 3.05) is 11.9 Å². The summed E-state index contributed by atoms with van der Waals surface area (Å²) in [4.78, 5) is 19.0. The zero-order chi connectivity index (χ0) is 15.4. The van der Waals surface area contributed by atoms with E-state index in [-0.39, 0.29) is 11.9 Å². The molecule has 2 heterocycles. The number of carbonyl (C=O) groups is 1. The Balaban J connectivity index is 2.05. The Kier molecular flexibility index (Phi) is 4.96. The lowest BCUT2D eigenvalue weighted by atomic mass is 10.1. The van der Waals surface area contributed by atoms with Gasteiger partial charge in [0.15, 0.2) is 0 Å². The Morgan fingerprint density at radius 3 is 2.67 bits per heavy atom. The van der Waals surface area contributed by atoms with Crippen molar-refractivity contribution < 1.29 is 4.79 Å². The Morgan fingerprint density at radius 2 is 2.14 bits per heavy atom. The van der Waals surface area contributed by atoms with Gasteiger partial charge in [-0.05, 0) is 51.5 Å². The summed E-state index contributed by atoms with van der Waals surface area (Å²) in [5, 5.41) is 6.13. The first-order chi connectivity index (χ1) is 10.0. The van der Waals surface area contributed by atoms with E-state index in [2.05, 4.69) is 35.5 Å². The summed E-state index contributed by atoms with van der Waals surface area (Å²) in [7, 11) is 0. The molecule has 2 aromatic heterocycles. The third-order valence-corrected chi connectivity index (χ3v) is 4.26. The van der Waals surface area contributed by atoms with Gasteiger partial charge in [-0.1, -0.05) is 0 Å². The fourth-order valence-corrected chi connectivity index (χ4v) is 3.27. The highest BCUT2D eigenvalue weighted by Crippen LogP contribution is 2.26. The van der Waals surface area contributed by atoms with Crippen LogP contribution in [0.1, 0.15) is 45.6 Å². The van der Waals surface area contributed by atoms with Gasteiger partial charge in [-0.2, -0.15) is 0 Å². The highest BCUT2D eigenvalue weighted by atomic mass is 32.1. The van der Waals surface area contributed by atoms with Crippen LogP contribution in [-0.4, -0.2) is 17.4 Å². The molecule has 1 unspecified atom stereocenters. The molecule has 0 aliphatic carbocycles. The van der Waals surface area contributed by atoms with Gasteiger partial charge in [0.25, 0.3) is 5.91 Å². The largest absolute Gasteiger partial charge is 0.370 e. The van der Waals surface area contributed by atoms with Crippen LogP contribution in [0, 0.1) is 13.8 Å². The lowest BCUT2D eigenvalue weighted by molar-refractivity contribution is 0.0939. The van der Waals surface area contributed by atoms with Crippen LogP contribution in [0.25, 0.3) is 0 Å². The third-order valence-electron chi connectivity index (χ3n) is 3.28. The maximum absolute atomic E-state index is 12.2. The van der Waals surface area contributed by atoms with Gasteiger partial charge in [-0.15, -0.1) is 11.3 Å². The van der Waals surface area contributed by atoms with Crippen molar-refractivity contribution in [3.63, 3.8) is 0 Å². The van der Waals surface area contributed by atoms with E-state index < -0.39 is 0 Å². The molecular formula is C16H21N3OS. The molecule has 2 rings (SSSR count). The first-order valence-electron chi connectivity index (χ1n) is 7.09. The van der Waals surface area contributed by atoms with Gasteiger partial charge < -0.3 is 10.6 Å². The highest BCUT2D eigenvalue weighted by Gasteiger charge is 2.15. The topological polar surface area (TPSA) is 54.0 Å². The van der Waals surface area contributed by atoms with E-state index in [1.54, 1.807) is 23.6 Å². The van der Waals surface area contributed by atoms with Crippen LogP contribution in [0.5, 0.6) is 0 Å². The summed E-state index contributed by atoms with van der Waals surface area (Å²) < 4.78 is 0. The van der Waals surface area contributed by atoms with Crippen molar-refractivity contribution in [3.05, 3.63) is 45.3 Å². The molecule has 1 atom stereocenters. The standard InChI is InChI=1S/C16H21N3OS/c1-5-17-15-7-6-13(9-18-15)16(20)19-11(3)14-8-10(2)21-12(14)4/h6-9,11H,5H2,1-4H3,(H,17,18)(H,19,20). The van der Waals surface area contributed by atoms with Crippen LogP contribution in [0.3, 0.4) is 0 Å². The monoisotopic (exact) mass is 303 g/mol. The smallest absolute Gasteiger partial charge is 0.253 e. The molecule has 0 aliphatic rings. The van der Waals surface area contributed by atoms with Gasteiger partial charge >= 0.3 is 0 Å². The van der Waals surface area contributed by atoms with Crippen LogP contribution in [0.4, 0.5) is 5.82 Å². The molecule has 2 aromatic rings. The molecule has 0 aromatic carbocycles. The minimum absolute atomic E-state index is 0.00380. The van der Waals surface area contributed by atoms with Gasteiger partial charge in [0.1, 0.15) is 5.82 Å². The molecule has 2 N–H and O–H groups in total. The fourth-order valence-electron chi connectivity index (χ4n) is 2.25. The Hall–Kier alpha value is -1.88. The lowest BCUT2D eigenvalue weighted by Gasteiger charge is -2.14. The zero-order valence-corrected chi connectivity index (χ0v) is 13.7. The molecular weight excluding hydrogens is 282 g/mol. The number of pyridine rings is 1. The molecule has 0 saturated heterocycles. The summed E-state index contributed by atoms with van der Waals surface area (Å²) in [6.07, 6.45) is 1.60.